The molecular weight excluding hydrogens is 352 g/mol. The van der Waals surface area contributed by atoms with Crippen LogP contribution in [0.25, 0.3) is 10.8 Å². The molecule has 0 nitrogen and oxygen atoms in total. The van der Waals surface area contributed by atoms with Crippen molar-refractivity contribution in [2.24, 2.45) is 0 Å². The van der Waals surface area contributed by atoms with Gasteiger partial charge in [0.15, 0.2) is 0 Å². The maximum atomic E-state index is 3.55. The van der Waals surface area contributed by atoms with Crippen LogP contribution in [0.2, 0.25) is 0 Å². The largest absolute Gasteiger partial charge is 0.101 e. The summed E-state index contributed by atoms with van der Waals surface area (Å²) in [6.45, 7) is 3.69. The summed E-state index contributed by atoms with van der Waals surface area (Å²) < 4.78 is 2.03. The molecule has 2 rings (SSSR count). The van der Waals surface area contributed by atoms with E-state index >= 15 is 0 Å². The summed E-state index contributed by atoms with van der Waals surface area (Å²) in [6, 6.07) is 8.19. The maximum Gasteiger partial charge on any atom is 0.0466 e. The molecule has 0 bridgehead atoms. The van der Waals surface area contributed by atoms with E-state index in [1.54, 1.807) is 0 Å². The van der Waals surface area contributed by atoms with Crippen molar-refractivity contribution in [1.29, 1.82) is 0 Å². The van der Waals surface area contributed by atoms with Gasteiger partial charge >= 0.3 is 0 Å². The summed E-state index contributed by atoms with van der Waals surface area (Å²) in [5.41, 5.74) is 2.03. The molecule has 18 heavy (non-hydrogen) atoms. The molecule has 0 aliphatic carbocycles. The van der Waals surface area contributed by atoms with Crippen molar-refractivity contribution >= 4 is 42.6 Å². The van der Waals surface area contributed by atoms with Crippen LogP contribution in [0.4, 0.5) is 0 Å². The van der Waals surface area contributed by atoms with Gasteiger partial charge in [0, 0.05) is 20.1 Å². The Balaban J connectivity index is 2.95. The molecule has 0 atom stereocenters. The fourth-order valence-electron chi connectivity index (χ4n) is 1.86. The summed E-state index contributed by atoms with van der Waals surface area (Å²) in [5, 5.41) is 2.25. The summed E-state index contributed by atoms with van der Waals surface area (Å²) in [6.07, 6.45) is 0. The van der Waals surface area contributed by atoms with E-state index < -0.39 is 0 Å². The maximum absolute atomic E-state index is 3.55. The first kappa shape index (κ1) is 13.2. The van der Waals surface area contributed by atoms with Crippen LogP contribution in [0.15, 0.2) is 33.2 Å². The van der Waals surface area contributed by atoms with Crippen molar-refractivity contribution in [3.05, 3.63) is 44.3 Å². The van der Waals surface area contributed by atoms with Gasteiger partial charge < -0.3 is 0 Å². The number of fused-ring (bicyclic) bond motifs is 1. The molecular formula is C16H10Br2. The average Bonchev–Trinajstić information content (AvgIpc) is 2.36. The van der Waals surface area contributed by atoms with Crippen LogP contribution in [0, 0.1) is 23.7 Å². The van der Waals surface area contributed by atoms with Gasteiger partial charge in [-0.05, 0) is 68.6 Å². The Morgan fingerprint density at radius 1 is 0.722 bits per heavy atom. The number of benzene rings is 2. The molecule has 0 aliphatic rings. The van der Waals surface area contributed by atoms with E-state index in [2.05, 4.69) is 67.7 Å². The lowest BCUT2D eigenvalue weighted by Gasteiger charge is -2.07. The predicted octanol–water partition coefficient (Wildman–Crippen LogP) is 5.11. The molecule has 0 saturated heterocycles. The second-order valence-corrected chi connectivity index (χ2v) is 5.40. The van der Waals surface area contributed by atoms with E-state index in [1.807, 2.05) is 26.0 Å². The Labute approximate surface area is 124 Å². The van der Waals surface area contributed by atoms with Crippen molar-refractivity contribution in [3.63, 3.8) is 0 Å². The van der Waals surface area contributed by atoms with Crippen LogP contribution in [0.1, 0.15) is 25.0 Å². The lowest BCUT2D eigenvalue weighted by Crippen LogP contribution is -1.87. The van der Waals surface area contributed by atoms with Crippen LogP contribution < -0.4 is 0 Å². The van der Waals surface area contributed by atoms with Crippen molar-refractivity contribution in [1.82, 2.24) is 0 Å². The zero-order valence-corrected chi connectivity index (χ0v) is 13.2. The summed E-state index contributed by atoms with van der Waals surface area (Å²) in [5.74, 6) is 12.2. The quantitative estimate of drug-likeness (QED) is 0.572. The highest BCUT2D eigenvalue weighted by atomic mass is 79.9. The minimum absolute atomic E-state index is 1.02. The lowest BCUT2D eigenvalue weighted by atomic mass is 10.0. The molecule has 0 aliphatic heterocycles. The first-order valence-corrected chi connectivity index (χ1v) is 7.04. The van der Waals surface area contributed by atoms with E-state index in [-0.39, 0.29) is 0 Å². The van der Waals surface area contributed by atoms with Gasteiger partial charge in [0.25, 0.3) is 0 Å². The van der Waals surface area contributed by atoms with E-state index in [4.69, 9.17) is 0 Å². The zero-order valence-electron chi connectivity index (χ0n) is 10.1. The fraction of sp³-hybridized carbons (Fsp3) is 0.125. The van der Waals surface area contributed by atoms with Gasteiger partial charge in [-0.1, -0.05) is 24.0 Å². The first-order valence-electron chi connectivity index (χ1n) is 5.45. The Morgan fingerprint density at radius 2 is 1.11 bits per heavy atom. The third-order valence-corrected chi connectivity index (χ3v) is 3.92. The summed E-state index contributed by atoms with van der Waals surface area (Å²) in [4.78, 5) is 0. The number of hydrogen-bond donors (Lipinski definition) is 0. The molecule has 0 unspecified atom stereocenters. The lowest BCUT2D eigenvalue weighted by molar-refractivity contribution is 1.60. The monoisotopic (exact) mass is 360 g/mol. The molecule has 0 heterocycles. The van der Waals surface area contributed by atoms with Crippen LogP contribution in [-0.2, 0) is 0 Å². The Bertz CT molecular complexity index is 669. The highest BCUT2D eigenvalue weighted by Gasteiger charge is 2.08. The number of hydrogen-bond acceptors (Lipinski definition) is 0. The number of halogens is 2. The smallest absolute Gasteiger partial charge is 0.0466 e. The molecule has 0 saturated carbocycles. The highest BCUT2D eigenvalue weighted by molar-refractivity contribution is 9.10. The van der Waals surface area contributed by atoms with Gasteiger partial charge in [0.05, 0.1) is 0 Å². The molecule has 0 spiro atoms. The van der Waals surface area contributed by atoms with Gasteiger partial charge in [-0.25, -0.2) is 0 Å². The van der Waals surface area contributed by atoms with Crippen molar-refractivity contribution in [2.45, 2.75) is 13.8 Å². The molecule has 0 N–H and O–H groups in total. The van der Waals surface area contributed by atoms with Crippen LogP contribution in [0.5, 0.6) is 0 Å². The minimum Gasteiger partial charge on any atom is -0.101 e. The predicted molar refractivity (Wildman–Crippen MR) is 84.5 cm³/mol. The molecule has 0 amide bonds. The second kappa shape index (κ2) is 5.61. The zero-order chi connectivity index (χ0) is 13.1. The van der Waals surface area contributed by atoms with Crippen LogP contribution in [-0.4, -0.2) is 0 Å². The van der Waals surface area contributed by atoms with Crippen molar-refractivity contribution < 1.29 is 0 Å². The fourth-order valence-corrected chi connectivity index (χ4v) is 2.75. The Hall–Kier alpha value is -1.22. The minimum atomic E-state index is 1.02. The van der Waals surface area contributed by atoms with Gasteiger partial charge in [-0.2, -0.15) is 0 Å². The Kier molecular flexibility index (Phi) is 4.12. The molecule has 2 heteroatoms. The topological polar surface area (TPSA) is 0 Å². The van der Waals surface area contributed by atoms with Crippen molar-refractivity contribution in [3.8, 4) is 23.7 Å². The average molecular weight is 362 g/mol. The van der Waals surface area contributed by atoms with Crippen molar-refractivity contribution in [2.75, 3.05) is 0 Å². The SMILES string of the molecule is CC#Cc1c(Br)ccc2c(C#CC)c(Br)ccc12. The van der Waals surface area contributed by atoms with Gasteiger partial charge in [0.2, 0.25) is 0 Å². The number of rotatable bonds is 0. The summed E-state index contributed by atoms with van der Waals surface area (Å²) in [7, 11) is 0. The van der Waals surface area contributed by atoms with E-state index in [0.717, 1.165) is 30.8 Å². The van der Waals surface area contributed by atoms with Gasteiger partial charge in [-0.15, -0.1) is 11.8 Å². The third kappa shape index (κ3) is 2.32. The van der Waals surface area contributed by atoms with Gasteiger partial charge in [-0.3, -0.25) is 0 Å². The second-order valence-electron chi connectivity index (χ2n) is 3.69. The molecule has 2 aromatic rings. The molecule has 0 fully saturated rings. The summed E-state index contributed by atoms with van der Waals surface area (Å²) >= 11 is 7.10. The third-order valence-electron chi connectivity index (χ3n) is 2.60. The van der Waals surface area contributed by atoms with E-state index in [9.17, 15) is 0 Å². The first-order chi connectivity index (χ1) is 8.69. The molecule has 2 aromatic carbocycles. The van der Waals surface area contributed by atoms with Crippen LogP contribution in [0.3, 0.4) is 0 Å². The normalized spacial score (nSPS) is 9.33. The standard InChI is InChI=1S/C16H10Br2/c1-3-5-13-11-7-10-16(18)14(6-4-2)12(11)8-9-15(13)17/h7-10H,1-2H3. The highest BCUT2D eigenvalue weighted by Crippen LogP contribution is 2.31. The molecule has 0 aromatic heterocycles. The van der Waals surface area contributed by atoms with Crippen LogP contribution >= 0.6 is 31.9 Å². The molecule has 0 radical (unpaired) electrons. The van der Waals surface area contributed by atoms with Gasteiger partial charge in [0.1, 0.15) is 0 Å². The van der Waals surface area contributed by atoms with E-state index in [0.29, 0.717) is 0 Å². The Morgan fingerprint density at radius 3 is 1.44 bits per heavy atom. The van der Waals surface area contributed by atoms with E-state index in [1.165, 1.54) is 0 Å². The molecule has 88 valence electrons.